The second kappa shape index (κ2) is 6.78. The number of carboxylic acids is 1. The van der Waals surface area contributed by atoms with Crippen molar-refractivity contribution in [3.8, 4) is 0 Å². The number of carboxylic acid groups (broad SMARTS) is 1. The van der Waals surface area contributed by atoms with E-state index in [0.717, 1.165) is 31.9 Å². The van der Waals surface area contributed by atoms with E-state index in [0.29, 0.717) is 17.5 Å². The highest BCUT2D eigenvalue weighted by molar-refractivity contribution is 7.89. The van der Waals surface area contributed by atoms with Crippen LogP contribution < -0.4 is 0 Å². The van der Waals surface area contributed by atoms with Gasteiger partial charge in [0.05, 0.1) is 5.75 Å². The summed E-state index contributed by atoms with van der Waals surface area (Å²) in [7, 11) is -3.13. The molecule has 1 aromatic carbocycles. The molecule has 2 fully saturated rings. The van der Waals surface area contributed by atoms with Crippen molar-refractivity contribution in [1.29, 1.82) is 0 Å². The van der Waals surface area contributed by atoms with Gasteiger partial charge in [-0.3, -0.25) is 4.79 Å². The number of benzene rings is 1. The van der Waals surface area contributed by atoms with Crippen molar-refractivity contribution in [3.63, 3.8) is 0 Å². The van der Waals surface area contributed by atoms with E-state index in [1.807, 2.05) is 0 Å². The highest BCUT2D eigenvalue weighted by atomic mass is 32.2. The number of fused-ring (bicyclic) bond motifs is 1. The Morgan fingerprint density at radius 1 is 1.16 bits per heavy atom. The first-order chi connectivity index (χ1) is 11.8. The molecular weight excluding hydrogens is 342 g/mol. The molecule has 2 aliphatic rings. The molecule has 0 aromatic heterocycles. The second-order valence-corrected chi connectivity index (χ2v) is 9.32. The summed E-state index contributed by atoms with van der Waals surface area (Å²) in [5, 5.41) is 9.54. The first-order valence-corrected chi connectivity index (χ1v) is 10.6. The summed E-state index contributed by atoms with van der Waals surface area (Å²) in [6.45, 7) is 0. The molecule has 0 radical (unpaired) electrons. The number of hydrogen-bond donors (Lipinski definition) is 1. The summed E-state index contributed by atoms with van der Waals surface area (Å²) in [5.74, 6) is -1.03. The van der Waals surface area contributed by atoms with Crippen LogP contribution in [0.25, 0.3) is 0 Å². The monoisotopic (exact) mass is 365 g/mol. The van der Waals surface area contributed by atoms with Crippen LogP contribution in [0.5, 0.6) is 0 Å². The van der Waals surface area contributed by atoms with E-state index in [-0.39, 0.29) is 23.6 Å². The number of amides is 1. The molecule has 3 rings (SSSR count). The molecule has 136 valence electrons. The Morgan fingerprint density at radius 2 is 1.80 bits per heavy atom. The average molecular weight is 365 g/mol. The molecule has 1 aliphatic carbocycles. The molecule has 0 bridgehead atoms. The number of rotatable bonds is 4. The fraction of sp³-hybridized carbons (Fsp3) is 0.556. The lowest BCUT2D eigenvalue weighted by Crippen LogP contribution is -2.46. The molecule has 1 saturated carbocycles. The molecule has 1 amide bonds. The van der Waals surface area contributed by atoms with Crippen LogP contribution in [0.1, 0.15) is 48.0 Å². The molecular formula is C18H23NO5S. The van der Waals surface area contributed by atoms with Crippen molar-refractivity contribution in [1.82, 2.24) is 4.90 Å². The Labute approximate surface area is 147 Å². The SMILES string of the molecule is CS(=O)(=O)Cc1ccc(C(=O)N2C(C(=O)O)CC3CCCCC32)cc1. The van der Waals surface area contributed by atoms with Gasteiger partial charge in [0.2, 0.25) is 0 Å². The fourth-order valence-electron chi connectivity index (χ4n) is 4.17. The zero-order valence-corrected chi connectivity index (χ0v) is 15.0. The predicted octanol–water partition coefficient (Wildman–Crippen LogP) is 2.09. The van der Waals surface area contributed by atoms with E-state index in [4.69, 9.17) is 0 Å². The fourth-order valence-corrected chi connectivity index (χ4v) is 4.97. The normalized spacial score (nSPS) is 26.3. The molecule has 3 atom stereocenters. The average Bonchev–Trinajstić information content (AvgIpc) is 2.93. The topological polar surface area (TPSA) is 91.8 Å². The minimum Gasteiger partial charge on any atom is -0.480 e. The van der Waals surface area contributed by atoms with Gasteiger partial charge in [-0.05, 0) is 42.9 Å². The number of nitrogens with zero attached hydrogens (tertiary/aromatic N) is 1. The van der Waals surface area contributed by atoms with Gasteiger partial charge in [-0.15, -0.1) is 0 Å². The second-order valence-electron chi connectivity index (χ2n) is 7.18. The zero-order chi connectivity index (χ0) is 18.2. The number of carbonyl (C=O) groups is 2. The summed E-state index contributed by atoms with van der Waals surface area (Å²) in [6.07, 6.45) is 5.63. The van der Waals surface area contributed by atoms with Crippen LogP contribution in [0.15, 0.2) is 24.3 Å². The van der Waals surface area contributed by atoms with E-state index in [2.05, 4.69) is 0 Å². The minimum atomic E-state index is -3.13. The van der Waals surface area contributed by atoms with Crippen LogP contribution in [0.2, 0.25) is 0 Å². The summed E-state index contributed by atoms with van der Waals surface area (Å²) in [4.78, 5) is 26.2. The summed E-state index contributed by atoms with van der Waals surface area (Å²) in [5.41, 5.74) is 1.03. The van der Waals surface area contributed by atoms with Crippen molar-refractivity contribution in [3.05, 3.63) is 35.4 Å². The van der Waals surface area contributed by atoms with Gasteiger partial charge >= 0.3 is 5.97 Å². The van der Waals surface area contributed by atoms with E-state index in [9.17, 15) is 23.1 Å². The van der Waals surface area contributed by atoms with Crippen LogP contribution >= 0.6 is 0 Å². The van der Waals surface area contributed by atoms with Crippen molar-refractivity contribution >= 4 is 21.7 Å². The Bertz CT molecular complexity index is 771. The number of carbonyl (C=O) groups excluding carboxylic acids is 1. The van der Waals surface area contributed by atoms with E-state index in [1.165, 1.54) is 0 Å². The summed E-state index contributed by atoms with van der Waals surface area (Å²) < 4.78 is 22.7. The summed E-state index contributed by atoms with van der Waals surface area (Å²) >= 11 is 0. The van der Waals surface area contributed by atoms with Gasteiger partial charge in [0, 0.05) is 17.9 Å². The molecule has 3 unspecified atom stereocenters. The van der Waals surface area contributed by atoms with Crippen LogP contribution in [0.4, 0.5) is 0 Å². The quantitative estimate of drug-likeness (QED) is 0.882. The van der Waals surface area contributed by atoms with E-state index >= 15 is 0 Å². The number of hydrogen-bond acceptors (Lipinski definition) is 4. The zero-order valence-electron chi connectivity index (χ0n) is 14.2. The number of likely N-dealkylation sites (tertiary alicyclic amines) is 1. The molecule has 1 N–H and O–H groups in total. The lowest BCUT2D eigenvalue weighted by molar-refractivity contribution is -0.141. The Kier molecular flexibility index (Phi) is 4.86. The van der Waals surface area contributed by atoms with Gasteiger partial charge in [0.25, 0.3) is 5.91 Å². The molecule has 6 nitrogen and oxygen atoms in total. The van der Waals surface area contributed by atoms with E-state index in [1.54, 1.807) is 29.2 Å². The van der Waals surface area contributed by atoms with Crippen molar-refractivity contribution in [2.45, 2.75) is 49.9 Å². The molecule has 7 heteroatoms. The van der Waals surface area contributed by atoms with Crippen LogP contribution in [-0.4, -0.2) is 48.6 Å². The van der Waals surface area contributed by atoms with Gasteiger partial charge in [0.1, 0.15) is 6.04 Å². The smallest absolute Gasteiger partial charge is 0.326 e. The first-order valence-electron chi connectivity index (χ1n) is 8.58. The Morgan fingerprint density at radius 3 is 2.40 bits per heavy atom. The molecule has 25 heavy (non-hydrogen) atoms. The van der Waals surface area contributed by atoms with Crippen molar-refractivity contribution in [2.24, 2.45) is 5.92 Å². The van der Waals surface area contributed by atoms with Gasteiger partial charge in [0.15, 0.2) is 9.84 Å². The van der Waals surface area contributed by atoms with Gasteiger partial charge < -0.3 is 10.0 Å². The molecule has 0 spiro atoms. The van der Waals surface area contributed by atoms with Crippen molar-refractivity contribution < 1.29 is 23.1 Å². The standard InChI is InChI=1S/C18H23NO5S/c1-25(23,24)11-12-6-8-13(9-7-12)17(20)19-15-5-3-2-4-14(15)10-16(19)18(21)22/h6-9,14-16H,2-5,10-11H2,1H3,(H,21,22). The predicted molar refractivity (Wildman–Crippen MR) is 92.9 cm³/mol. The maximum atomic E-state index is 13.0. The van der Waals surface area contributed by atoms with Crippen LogP contribution in [-0.2, 0) is 20.4 Å². The van der Waals surface area contributed by atoms with Crippen LogP contribution in [0, 0.1) is 5.92 Å². The number of aliphatic carboxylic acids is 1. The third kappa shape index (κ3) is 3.86. The van der Waals surface area contributed by atoms with Gasteiger partial charge in [-0.1, -0.05) is 25.0 Å². The highest BCUT2D eigenvalue weighted by Crippen LogP contribution is 2.40. The lowest BCUT2D eigenvalue weighted by Gasteiger charge is -2.33. The molecule has 1 heterocycles. The molecule has 1 aromatic rings. The third-order valence-electron chi connectivity index (χ3n) is 5.24. The van der Waals surface area contributed by atoms with E-state index < -0.39 is 21.8 Å². The highest BCUT2D eigenvalue weighted by Gasteiger charge is 2.47. The largest absolute Gasteiger partial charge is 0.480 e. The molecule has 1 saturated heterocycles. The Balaban J connectivity index is 1.83. The lowest BCUT2D eigenvalue weighted by atomic mass is 9.84. The Hall–Kier alpha value is -1.89. The minimum absolute atomic E-state index is 0.00181. The van der Waals surface area contributed by atoms with Gasteiger partial charge in [-0.25, -0.2) is 13.2 Å². The maximum absolute atomic E-state index is 13.0. The molecule has 1 aliphatic heterocycles. The first kappa shape index (κ1) is 17.9. The third-order valence-corrected chi connectivity index (χ3v) is 6.10. The van der Waals surface area contributed by atoms with Crippen molar-refractivity contribution in [2.75, 3.05) is 6.26 Å². The number of sulfone groups is 1. The maximum Gasteiger partial charge on any atom is 0.326 e. The van der Waals surface area contributed by atoms with Gasteiger partial charge in [-0.2, -0.15) is 0 Å². The van der Waals surface area contributed by atoms with Crippen LogP contribution in [0.3, 0.4) is 0 Å². The summed E-state index contributed by atoms with van der Waals surface area (Å²) in [6, 6.07) is 5.67.